The van der Waals surface area contributed by atoms with E-state index in [-0.39, 0.29) is 6.01 Å². The number of nitrogens with zero attached hydrogens (tertiary/aromatic N) is 4. The summed E-state index contributed by atoms with van der Waals surface area (Å²) in [7, 11) is 1.58. The normalized spacial score (nSPS) is 12.0. The average Bonchev–Trinajstić information content (AvgIpc) is 3.11. The molecule has 0 aliphatic carbocycles. The van der Waals surface area contributed by atoms with Gasteiger partial charge >= 0.3 is 6.01 Å². The third-order valence-electron chi connectivity index (χ3n) is 3.64. The number of methoxy groups -OCH3 is 1. The van der Waals surface area contributed by atoms with Crippen LogP contribution in [-0.4, -0.2) is 45.1 Å². The Kier molecular flexibility index (Phi) is 5.77. The molecule has 0 saturated heterocycles. The van der Waals surface area contributed by atoms with Gasteiger partial charge in [-0.2, -0.15) is 4.68 Å². The van der Waals surface area contributed by atoms with E-state index in [1.165, 1.54) is 4.68 Å². The minimum Gasteiger partial charge on any atom is -0.493 e. The zero-order valence-corrected chi connectivity index (χ0v) is 14.7. The molecule has 0 saturated carbocycles. The van der Waals surface area contributed by atoms with Crippen LogP contribution in [0.5, 0.6) is 17.5 Å². The molecule has 0 radical (unpaired) electrons. The second-order valence-electron chi connectivity index (χ2n) is 5.78. The molecule has 0 aliphatic heterocycles. The summed E-state index contributed by atoms with van der Waals surface area (Å²) in [6.45, 7) is 2.87. The number of nitrogens with one attached hydrogen (secondary N) is 1. The number of tetrazole rings is 1. The molecule has 136 valence electrons. The molecule has 1 heterocycles. The van der Waals surface area contributed by atoms with Crippen molar-refractivity contribution in [2.24, 2.45) is 0 Å². The Balaban J connectivity index is 1.77. The maximum Gasteiger partial charge on any atom is 0.346 e. The molecule has 0 amide bonds. The van der Waals surface area contributed by atoms with E-state index in [4.69, 9.17) is 9.47 Å². The number of para-hydroxylation sites is 1. The van der Waals surface area contributed by atoms with Gasteiger partial charge in [0, 0.05) is 13.1 Å². The number of hydrogen-bond donors (Lipinski definition) is 2. The third kappa shape index (κ3) is 4.35. The lowest BCUT2D eigenvalue weighted by Gasteiger charge is -2.12. The summed E-state index contributed by atoms with van der Waals surface area (Å²) >= 11 is 0. The van der Waals surface area contributed by atoms with Gasteiger partial charge in [-0.05, 0) is 47.2 Å². The van der Waals surface area contributed by atoms with Crippen molar-refractivity contribution in [2.75, 3.05) is 13.7 Å². The van der Waals surface area contributed by atoms with Gasteiger partial charge in [0.15, 0.2) is 11.5 Å². The average molecular weight is 355 g/mol. The molecule has 8 nitrogen and oxygen atoms in total. The summed E-state index contributed by atoms with van der Waals surface area (Å²) < 4.78 is 12.8. The fourth-order valence-corrected chi connectivity index (χ4v) is 2.40. The van der Waals surface area contributed by atoms with Crippen molar-refractivity contribution in [1.29, 1.82) is 0 Å². The SMILES string of the molecule is COc1cc(CNC[C@@H](C)O)ccc1Oc1nnnn1-c1ccccc1. The van der Waals surface area contributed by atoms with E-state index < -0.39 is 6.10 Å². The quantitative estimate of drug-likeness (QED) is 0.637. The second kappa shape index (κ2) is 8.41. The maximum absolute atomic E-state index is 9.31. The van der Waals surface area contributed by atoms with Crippen LogP contribution in [0.3, 0.4) is 0 Å². The lowest BCUT2D eigenvalue weighted by Crippen LogP contribution is -2.23. The van der Waals surface area contributed by atoms with Crippen LogP contribution < -0.4 is 14.8 Å². The van der Waals surface area contributed by atoms with Crippen LogP contribution in [-0.2, 0) is 6.54 Å². The number of aromatic nitrogens is 4. The molecule has 0 unspecified atom stereocenters. The number of rotatable bonds is 8. The van der Waals surface area contributed by atoms with Gasteiger partial charge in [0.2, 0.25) is 0 Å². The van der Waals surface area contributed by atoms with Gasteiger partial charge < -0.3 is 19.9 Å². The summed E-state index contributed by atoms with van der Waals surface area (Å²) in [6, 6.07) is 15.3. The summed E-state index contributed by atoms with van der Waals surface area (Å²) in [5, 5.41) is 24.1. The first kappa shape index (κ1) is 17.8. The monoisotopic (exact) mass is 355 g/mol. The van der Waals surface area contributed by atoms with E-state index >= 15 is 0 Å². The highest BCUT2D eigenvalue weighted by molar-refractivity contribution is 5.44. The highest BCUT2D eigenvalue weighted by atomic mass is 16.5. The van der Waals surface area contributed by atoms with Crippen molar-refractivity contribution in [3.8, 4) is 23.2 Å². The first-order chi connectivity index (χ1) is 12.7. The largest absolute Gasteiger partial charge is 0.493 e. The maximum atomic E-state index is 9.31. The zero-order chi connectivity index (χ0) is 18.4. The molecule has 3 rings (SSSR count). The smallest absolute Gasteiger partial charge is 0.346 e. The molecule has 8 heteroatoms. The van der Waals surface area contributed by atoms with E-state index in [1.807, 2.05) is 48.5 Å². The summed E-state index contributed by atoms with van der Waals surface area (Å²) in [5.74, 6) is 1.09. The predicted molar refractivity (Wildman–Crippen MR) is 95.6 cm³/mol. The Morgan fingerprint density at radius 1 is 1.15 bits per heavy atom. The molecular weight excluding hydrogens is 334 g/mol. The number of hydrogen-bond acceptors (Lipinski definition) is 7. The fraction of sp³-hybridized carbons (Fsp3) is 0.278. The van der Waals surface area contributed by atoms with Gasteiger partial charge in [0.25, 0.3) is 0 Å². The van der Waals surface area contributed by atoms with E-state index in [9.17, 15) is 5.11 Å². The molecule has 2 aromatic carbocycles. The zero-order valence-electron chi connectivity index (χ0n) is 14.7. The van der Waals surface area contributed by atoms with Gasteiger partial charge in [-0.25, -0.2) is 0 Å². The number of aliphatic hydroxyl groups is 1. The molecular formula is C18H21N5O3. The molecule has 3 aromatic rings. The first-order valence-electron chi connectivity index (χ1n) is 8.24. The minimum atomic E-state index is -0.392. The topological polar surface area (TPSA) is 94.3 Å². The summed E-state index contributed by atoms with van der Waals surface area (Å²) in [5.41, 5.74) is 1.81. The fourth-order valence-electron chi connectivity index (χ4n) is 2.40. The van der Waals surface area contributed by atoms with E-state index in [0.29, 0.717) is 24.6 Å². The number of ether oxygens (including phenoxy) is 2. The van der Waals surface area contributed by atoms with Crippen LogP contribution in [0.25, 0.3) is 5.69 Å². The number of aliphatic hydroxyl groups excluding tert-OH is 1. The Morgan fingerprint density at radius 2 is 1.96 bits per heavy atom. The van der Waals surface area contributed by atoms with Crippen molar-refractivity contribution >= 4 is 0 Å². The highest BCUT2D eigenvalue weighted by Gasteiger charge is 2.14. The van der Waals surface area contributed by atoms with E-state index in [1.54, 1.807) is 14.0 Å². The van der Waals surface area contributed by atoms with Crippen molar-refractivity contribution in [1.82, 2.24) is 25.5 Å². The predicted octanol–water partition coefficient (Wildman–Crippen LogP) is 1.93. The van der Waals surface area contributed by atoms with Gasteiger partial charge in [0.05, 0.1) is 18.9 Å². The lowest BCUT2D eigenvalue weighted by atomic mass is 10.2. The lowest BCUT2D eigenvalue weighted by molar-refractivity contribution is 0.191. The van der Waals surface area contributed by atoms with Crippen LogP contribution in [0.15, 0.2) is 48.5 Å². The molecule has 1 aromatic heterocycles. The molecule has 2 N–H and O–H groups in total. The highest BCUT2D eigenvalue weighted by Crippen LogP contribution is 2.32. The van der Waals surface area contributed by atoms with Crippen molar-refractivity contribution in [3.63, 3.8) is 0 Å². The first-order valence-corrected chi connectivity index (χ1v) is 8.24. The Morgan fingerprint density at radius 3 is 2.69 bits per heavy atom. The van der Waals surface area contributed by atoms with Crippen LogP contribution in [0, 0.1) is 0 Å². The second-order valence-corrected chi connectivity index (χ2v) is 5.78. The molecule has 0 spiro atoms. The van der Waals surface area contributed by atoms with Crippen molar-refractivity contribution in [2.45, 2.75) is 19.6 Å². The van der Waals surface area contributed by atoms with Crippen LogP contribution in [0.1, 0.15) is 12.5 Å². The van der Waals surface area contributed by atoms with Gasteiger partial charge in [-0.15, -0.1) is 0 Å². The van der Waals surface area contributed by atoms with Gasteiger partial charge in [-0.1, -0.05) is 29.4 Å². The molecule has 1 atom stereocenters. The van der Waals surface area contributed by atoms with Crippen LogP contribution in [0.4, 0.5) is 0 Å². The molecule has 0 fully saturated rings. The van der Waals surface area contributed by atoms with Gasteiger partial charge in [-0.3, -0.25) is 0 Å². The molecule has 26 heavy (non-hydrogen) atoms. The summed E-state index contributed by atoms with van der Waals surface area (Å²) in [6.07, 6.45) is -0.392. The van der Waals surface area contributed by atoms with Crippen LogP contribution in [0.2, 0.25) is 0 Å². The Labute approximate surface area is 151 Å². The van der Waals surface area contributed by atoms with E-state index in [2.05, 4.69) is 20.8 Å². The van der Waals surface area contributed by atoms with Crippen LogP contribution >= 0.6 is 0 Å². The molecule has 0 bridgehead atoms. The van der Waals surface area contributed by atoms with E-state index in [0.717, 1.165) is 11.3 Å². The number of benzene rings is 2. The van der Waals surface area contributed by atoms with Gasteiger partial charge in [0.1, 0.15) is 0 Å². The third-order valence-corrected chi connectivity index (χ3v) is 3.64. The Bertz CT molecular complexity index is 836. The minimum absolute atomic E-state index is 0.245. The summed E-state index contributed by atoms with van der Waals surface area (Å²) in [4.78, 5) is 0. The Hall–Kier alpha value is -2.97. The van der Waals surface area contributed by atoms with Crippen molar-refractivity contribution < 1.29 is 14.6 Å². The molecule has 0 aliphatic rings. The standard InChI is InChI=1S/C18H21N5O3/c1-13(24)11-19-12-14-8-9-16(17(10-14)25-2)26-18-20-21-22-23(18)15-6-4-3-5-7-15/h3-10,13,19,24H,11-12H2,1-2H3/t13-/m1/s1. The van der Waals surface area contributed by atoms with Crippen molar-refractivity contribution in [3.05, 3.63) is 54.1 Å².